The average molecular weight is 254 g/mol. The normalized spacial score (nSPS) is 21.9. The fraction of sp³-hybridized carbons (Fsp3) is 0.500. The number of nitrogens with two attached hydrogens (primary N) is 1. The molecule has 0 aliphatic carbocycles. The van der Waals surface area contributed by atoms with Gasteiger partial charge in [0.15, 0.2) is 9.84 Å². The second kappa shape index (κ2) is 4.76. The van der Waals surface area contributed by atoms with Crippen molar-refractivity contribution in [3.05, 3.63) is 29.8 Å². The van der Waals surface area contributed by atoms with E-state index in [1.807, 2.05) is 12.1 Å². The third kappa shape index (κ3) is 3.28. The summed E-state index contributed by atoms with van der Waals surface area (Å²) in [5.41, 5.74) is 6.97. The average Bonchev–Trinajstić information content (AvgIpc) is 2.63. The van der Waals surface area contributed by atoms with Crippen LogP contribution < -0.4 is 5.73 Å². The highest BCUT2D eigenvalue weighted by Gasteiger charge is 2.18. The molecule has 1 aliphatic heterocycles. The van der Waals surface area contributed by atoms with Gasteiger partial charge >= 0.3 is 0 Å². The lowest BCUT2D eigenvalue weighted by molar-refractivity contribution is 0.327. The first kappa shape index (κ1) is 12.5. The van der Waals surface area contributed by atoms with E-state index in [1.165, 1.54) is 6.26 Å². The molecular weight excluding hydrogens is 236 g/mol. The van der Waals surface area contributed by atoms with Crippen LogP contribution >= 0.6 is 0 Å². The van der Waals surface area contributed by atoms with E-state index in [0.29, 0.717) is 4.90 Å². The van der Waals surface area contributed by atoms with Crippen molar-refractivity contribution in [3.63, 3.8) is 0 Å². The predicted molar refractivity (Wildman–Crippen MR) is 67.4 cm³/mol. The third-order valence-electron chi connectivity index (χ3n) is 3.07. The first-order valence-corrected chi connectivity index (χ1v) is 7.61. The van der Waals surface area contributed by atoms with Crippen LogP contribution in [0.4, 0.5) is 0 Å². The van der Waals surface area contributed by atoms with E-state index >= 15 is 0 Å². The van der Waals surface area contributed by atoms with E-state index < -0.39 is 9.84 Å². The van der Waals surface area contributed by atoms with Gasteiger partial charge in [-0.3, -0.25) is 4.90 Å². The van der Waals surface area contributed by atoms with Gasteiger partial charge in [-0.15, -0.1) is 0 Å². The maximum absolute atomic E-state index is 11.3. The molecule has 1 fully saturated rings. The van der Waals surface area contributed by atoms with Gasteiger partial charge in [-0.05, 0) is 24.1 Å². The molecule has 1 atom stereocenters. The van der Waals surface area contributed by atoms with Gasteiger partial charge in [-0.2, -0.15) is 0 Å². The molecule has 0 radical (unpaired) electrons. The fourth-order valence-electron chi connectivity index (χ4n) is 2.11. The molecule has 4 nitrogen and oxygen atoms in total. The molecule has 0 spiro atoms. The van der Waals surface area contributed by atoms with Crippen LogP contribution in [-0.4, -0.2) is 38.7 Å². The Balaban J connectivity index is 2.04. The van der Waals surface area contributed by atoms with Gasteiger partial charge in [0.25, 0.3) is 0 Å². The Hall–Kier alpha value is -0.910. The Morgan fingerprint density at radius 1 is 1.35 bits per heavy atom. The Bertz CT molecular complexity index is 482. The number of rotatable bonds is 3. The predicted octanol–water partition coefficient (Wildman–Crippen LogP) is 0.623. The van der Waals surface area contributed by atoms with Crippen LogP contribution in [0, 0.1) is 0 Å². The van der Waals surface area contributed by atoms with Crippen LogP contribution in [0.1, 0.15) is 12.0 Å². The first-order chi connectivity index (χ1) is 7.95. The molecule has 0 amide bonds. The van der Waals surface area contributed by atoms with Gasteiger partial charge in [0.1, 0.15) is 0 Å². The lowest BCUT2D eigenvalue weighted by Crippen LogP contribution is -2.26. The number of benzene rings is 1. The van der Waals surface area contributed by atoms with Gasteiger partial charge in [-0.1, -0.05) is 12.1 Å². The van der Waals surface area contributed by atoms with Crippen LogP contribution in [0.25, 0.3) is 0 Å². The molecule has 0 bridgehead atoms. The van der Waals surface area contributed by atoms with Crippen LogP contribution in [0.3, 0.4) is 0 Å². The van der Waals surface area contributed by atoms with Crippen molar-refractivity contribution < 1.29 is 8.42 Å². The summed E-state index contributed by atoms with van der Waals surface area (Å²) >= 11 is 0. The summed E-state index contributed by atoms with van der Waals surface area (Å²) in [4.78, 5) is 2.67. The summed E-state index contributed by atoms with van der Waals surface area (Å²) in [6, 6.07) is 7.37. The highest BCUT2D eigenvalue weighted by atomic mass is 32.2. The van der Waals surface area contributed by atoms with Crippen molar-refractivity contribution in [2.45, 2.75) is 23.9 Å². The highest BCUT2D eigenvalue weighted by Crippen LogP contribution is 2.15. The minimum absolute atomic E-state index is 0.283. The van der Waals surface area contributed by atoms with Gasteiger partial charge < -0.3 is 5.73 Å². The lowest BCUT2D eigenvalue weighted by Gasteiger charge is -2.15. The molecule has 2 rings (SSSR count). The summed E-state index contributed by atoms with van der Waals surface area (Å²) in [7, 11) is -3.09. The van der Waals surface area contributed by atoms with E-state index in [0.717, 1.165) is 31.6 Å². The zero-order valence-electron chi connectivity index (χ0n) is 9.96. The number of hydrogen-bond acceptors (Lipinski definition) is 4. The topological polar surface area (TPSA) is 63.4 Å². The summed E-state index contributed by atoms with van der Waals surface area (Å²) < 4.78 is 22.6. The maximum Gasteiger partial charge on any atom is 0.175 e. The van der Waals surface area contributed by atoms with E-state index in [-0.39, 0.29) is 6.04 Å². The Morgan fingerprint density at radius 2 is 2.00 bits per heavy atom. The van der Waals surface area contributed by atoms with Crippen LogP contribution in [-0.2, 0) is 16.4 Å². The largest absolute Gasteiger partial charge is 0.326 e. The second-order valence-corrected chi connectivity index (χ2v) is 6.72. The number of nitrogens with zero attached hydrogens (tertiary/aromatic N) is 1. The Kier molecular flexibility index (Phi) is 3.51. The van der Waals surface area contributed by atoms with Gasteiger partial charge in [0.05, 0.1) is 4.90 Å². The molecule has 1 unspecified atom stereocenters. The van der Waals surface area contributed by atoms with Crippen molar-refractivity contribution in [1.82, 2.24) is 4.90 Å². The Labute approximate surface area is 102 Å². The molecule has 5 heteroatoms. The SMILES string of the molecule is CS(=O)(=O)c1ccc(CN2CCC(N)C2)cc1. The van der Waals surface area contributed by atoms with Crippen molar-refractivity contribution >= 4 is 9.84 Å². The lowest BCUT2D eigenvalue weighted by atomic mass is 10.2. The molecule has 1 aliphatic rings. The Morgan fingerprint density at radius 3 is 2.47 bits per heavy atom. The fourth-order valence-corrected chi connectivity index (χ4v) is 2.74. The monoisotopic (exact) mass is 254 g/mol. The molecule has 2 N–H and O–H groups in total. The van der Waals surface area contributed by atoms with Crippen LogP contribution in [0.5, 0.6) is 0 Å². The highest BCUT2D eigenvalue weighted by molar-refractivity contribution is 7.90. The maximum atomic E-state index is 11.3. The molecule has 1 heterocycles. The van der Waals surface area contributed by atoms with Crippen molar-refractivity contribution in [2.24, 2.45) is 5.73 Å². The zero-order chi connectivity index (χ0) is 12.5. The summed E-state index contributed by atoms with van der Waals surface area (Å²) in [6.07, 6.45) is 2.27. The summed E-state index contributed by atoms with van der Waals surface area (Å²) in [6.45, 7) is 2.79. The second-order valence-electron chi connectivity index (χ2n) is 4.70. The molecule has 0 aromatic heterocycles. The number of hydrogen-bond donors (Lipinski definition) is 1. The summed E-state index contributed by atoms with van der Waals surface area (Å²) in [5.74, 6) is 0. The molecule has 1 aromatic carbocycles. The molecule has 1 aromatic rings. The van der Waals surface area contributed by atoms with E-state index in [4.69, 9.17) is 5.73 Å². The minimum Gasteiger partial charge on any atom is -0.326 e. The van der Waals surface area contributed by atoms with E-state index in [9.17, 15) is 8.42 Å². The smallest absolute Gasteiger partial charge is 0.175 e. The number of likely N-dealkylation sites (tertiary alicyclic amines) is 1. The summed E-state index contributed by atoms with van der Waals surface area (Å²) in [5, 5.41) is 0. The van der Waals surface area contributed by atoms with Gasteiger partial charge in [0, 0.05) is 31.9 Å². The minimum atomic E-state index is -3.09. The molecule has 1 saturated heterocycles. The first-order valence-electron chi connectivity index (χ1n) is 5.72. The molecule has 0 saturated carbocycles. The quantitative estimate of drug-likeness (QED) is 0.859. The van der Waals surface area contributed by atoms with Crippen LogP contribution in [0.2, 0.25) is 0 Å². The third-order valence-corrected chi connectivity index (χ3v) is 4.19. The molecule has 94 valence electrons. The van der Waals surface area contributed by atoms with Crippen molar-refractivity contribution in [2.75, 3.05) is 19.3 Å². The van der Waals surface area contributed by atoms with E-state index in [1.54, 1.807) is 12.1 Å². The molecular formula is C12H18N2O2S. The van der Waals surface area contributed by atoms with Crippen molar-refractivity contribution in [3.8, 4) is 0 Å². The standard InChI is InChI=1S/C12H18N2O2S/c1-17(15,16)12-4-2-10(3-5-12)8-14-7-6-11(13)9-14/h2-5,11H,6-9,13H2,1H3. The van der Waals surface area contributed by atoms with E-state index in [2.05, 4.69) is 4.90 Å². The van der Waals surface area contributed by atoms with Crippen molar-refractivity contribution in [1.29, 1.82) is 0 Å². The number of sulfone groups is 1. The van der Waals surface area contributed by atoms with Gasteiger partial charge in [0.2, 0.25) is 0 Å². The van der Waals surface area contributed by atoms with Gasteiger partial charge in [-0.25, -0.2) is 8.42 Å². The zero-order valence-corrected chi connectivity index (χ0v) is 10.8. The van der Waals surface area contributed by atoms with Crippen LogP contribution in [0.15, 0.2) is 29.2 Å². The molecule has 17 heavy (non-hydrogen) atoms.